The molecule has 11 heavy (non-hydrogen) atoms. The van der Waals surface area contributed by atoms with Crippen LogP contribution in [0.1, 0.15) is 21.1 Å². The fraction of sp³-hybridized carbons (Fsp3) is 1.00. The van der Waals surface area contributed by atoms with Crippen LogP contribution >= 0.6 is 8.03 Å². The maximum atomic E-state index is 10.8. The molecule has 0 saturated carbocycles. The van der Waals surface area contributed by atoms with Crippen molar-refractivity contribution >= 4 is 8.03 Å². The molecular weight excluding hydrogens is 163 g/mol. The molecule has 0 radical (unpaired) electrons. The first kappa shape index (κ1) is 7.66. The van der Waals surface area contributed by atoms with Gasteiger partial charge in [-0.15, -0.1) is 4.52 Å². The van der Waals surface area contributed by atoms with Crippen molar-refractivity contribution in [2.24, 2.45) is 0 Å². The van der Waals surface area contributed by atoms with Crippen molar-refractivity contribution in [3.63, 3.8) is 0 Å². The van der Waals surface area contributed by atoms with Crippen LogP contribution in [0.15, 0.2) is 0 Å². The minimum absolute atomic E-state index is 0.0496. The van der Waals surface area contributed by atoms with Gasteiger partial charge in [0, 0.05) is 13.0 Å². The summed E-state index contributed by atoms with van der Waals surface area (Å²) in [5.41, 5.74) is 0. The van der Waals surface area contributed by atoms with E-state index in [-0.39, 0.29) is 12.2 Å². The van der Waals surface area contributed by atoms with Gasteiger partial charge in [0.25, 0.3) is 0 Å². The van der Waals surface area contributed by atoms with Crippen molar-refractivity contribution in [1.82, 2.24) is 0 Å². The SMILES string of the molecule is [3H][C@H]1CC(O[P+](C)=O)[C@@H](CC)O1. The number of hydrogen-bond acceptors (Lipinski definition) is 3. The van der Waals surface area contributed by atoms with E-state index in [9.17, 15) is 4.57 Å². The summed E-state index contributed by atoms with van der Waals surface area (Å²) in [4.78, 5) is 0. The van der Waals surface area contributed by atoms with Gasteiger partial charge in [-0.25, -0.2) is 0 Å². The third-order valence-corrected chi connectivity index (χ3v) is 2.27. The highest BCUT2D eigenvalue weighted by Crippen LogP contribution is 2.28. The highest BCUT2D eigenvalue weighted by Gasteiger charge is 2.33. The van der Waals surface area contributed by atoms with Crippen LogP contribution in [-0.4, -0.2) is 25.5 Å². The largest absolute Gasteiger partial charge is 0.505 e. The third kappa shape index (κ3) is 2.51. The van der Waals surface area contributed by atoms with Gasteiger partial charge in [0.05, 0.1) is 7.47 Å². The Balaban J connectivity index is 2.46. The Kier molecular flexibility index (Phi) is 2.89. The quantitative estimate of drug-likeness (QED) is 0.621. The highest BCUT2D eigenvalue weighted by molar-refractivity contribution is 7.38. The molecule has 4 atom stereocenters. The molecule has 64 valence electrons. The number of rotatable bonds is 3. The molecule has 0 bridgehead atoms. The summed E-state index contributed by atoms with van der Waals surface area (Å²) in [5.74, 6) is 0. The third-order valence-electron chi connectivity index (χ3n) is 1.70. The van der Waals surface area contributed by atoms with Crippen molar-refractivity contribution in [2.75, 3.05) is 13.2 Å². The molecule has 1 rings (SSSR count). The summed E-state index contributed by atoms with van der Waals surface area (Å²) in [6.07, 6.45) is 1.15. The summed E-state index contributed by atoms with van der Waals surface area (Å²) in [7, 11) is -1.58. The second-order valence-electron chi connectivity index (χ2n) is 2.57. The van der Waals surface area contributed by atoms with Crippen molar-refractivity contribution in [3.05, 3.63) is 0 Å². The Morgan fingerprint density at radius 1 is 1.91 bits per heavy atom. The molecule has 0 aromatic carbocycles. The molecule has 3 nitrogen and oxygen atoms in total. The van der Waals surface area contributed by atoms with Crippen LogP contribution in [0, 0.1) is 0 Å². The lowest BCUT2D eigenvalue weighted by Gasteiger charge is -2.09. The zero-order valence-electron chi connectivity index (χ0n) is 7.82. The van der Waals surface area contributed by atoms with Gasteiger partial charge in [-0.3, -0.25) is 0 Å². The van der Waals surface area contributed by atoms with Crippen molar-refractivity contribution in [1.29, 1.82) is 0 Å². The van der Waals surface area contributed by atoms with E-state index in [1.807, 2.05) is 6.92 Å². The van der Waals surface area contributed by atoms with Gasteiger partial charge < -0.3 is 4.74 Å². The monoisotopic (exact) mass is 179 g/mol. The second kappa shape index (κ2) is 4.15. The van der Waals surface area contributed by atoms with Gasteiger partial charge in [0.2, 0.25) is 0 Å². The van der Waals surface area contributed by atoms with Crippen molar-refractivity contribution in [2.45, 2.75) is 32.0 Å². The van der Waals surface area contributed by atoms with E-state index in [0.29, 0.717) is 6.42 Å². The van der Waals surface area contributed by atoms with E-state index >= 15 is 0 Å². The maximum Gasteiger partial charge on any atom is 0.505 e. The van der Waals surface area contributed by atoms with Gasteiger partial charge in [0.1, 0.15) is 6.10 Å². The summed E-state index contributed by atoms with van der Waals surface area (Å²) < 4.78 is 28.5. The highest BCUT2D eigenvalue weighted by atomic mass is 31.1. The molecule has 1 aliphatic heterocycles. The predicted octanol–water partition coefficient (Wildman–Crippen LogP) is 1.94. The molecule has 0 amide bonds. The van der Waals surface area contributed by atoms with Crippen LogP contribution in [0.4, 0.5) is 0 Å². The maximum absolute atomic E-state index is 10.8. The zero-order valence-corrected chi connectivity index (χ0v) is 7.71. The Morgan fingerprint density at radius 2 is 2.64 bits per heavy atom. The lowest BCUT2D eigenvalue weighted by Crippen LogP contribution is -2.20. The Labute approximate surface area is 69.3 Å². The first-order chi connectivity index (χ1) is 5.63. The van der Waals surface area contributed by atoms with Crippen LogP contribution in [-0.2, 0) is 13.8 Å². The van der Waals surface area contributed by atoms with E-state index in [0.717, 1.165) is 6.42 Å². The molecule has 0 aromatic heterocycles. The first-order valence-electron chi connectivity index (χ1n) is 4.36. The van der Waals surface area contributed by atoms with Gasteiger partial charge in [-0.05, 0) is 11.0 Å². The van der Waals surface area contributed by atoms with E-state index in [2.05, 4.69) is 0 Å². The van der Waals surface area contributed by atoms with Crippen LogP contribution in [0.3, 0.4) is 0 Å². The molecular formula is C7H14O3P+. The fourth-order valence-electron chi connectivity index (χ4n) is 1.17. The molecule has 2 unspecified atom stereocenters. The topological polar surface area (TPSA) is 35.5 Å². The lowest BCUT2D eigenvalue weighted by molar-refractivity contribution is 0.0550. The average Bonchev–Trinajstić information content (AvgIpc) is 2.29. The second-order valence-corrected chi connectivity index (χ2v) is 3.66. The molecule has 0 N–H and O–H groups in total. The van der Waals surface area contributed by atoms with Crippen LogP contribution < -0.4 is 0 Å². The van der Waals surface area contributed by atoms with E-state index in [1.165, 1.54) is 6.66 Å². The number of hydrogen-bond donors (Lipinski definition) is 0. The van der Waals surface area contributed by atoms with Crippen LogP contribution in [0.25, 0.3) is 0 Å². The molecule has 1 fully saturated rings. The molecule has 0 spiro atoms. The average molecular weight is 179 g/mol. The van der Waals surface area contributed by atoms with E-state index in [4.69, 9.17) is 10.6 Å². The minimum Gasteiger partial charge on any atom is -0.375 e. The molecule has 1 aliphatic rings. The van der Waals surface area contributed by atoms with Crippen molar-refractivity contribution < 1.29 is 15.2 Å². The smallest absolute Gasteiger partial charge is 0.375 e. The van der Waals surface area contributed by atoms with Crippen LogP contribution in [0.5, 0.6) is 0 Å². The van der Waals surface area contributed by atoms with Crippen molar-refractivity contribution in [3.8, 4) is 0 Å². The summed E-state index contributed by atoms with van der Waals surface area (Å²) in [6.45, 7) is 3.00. The van der Waals surface area contributed by atoms with E-state index in [1.54, 1.807) is 0 Å². The summed E-state index contributed by atoms with van der Waals surface area (Å²) in [6, 6.07) is 0. The number of ether oxygens (including phenoxy) is 1. The Bertz CT molecular complexity index is 176. The molecule has 1 saturated heterocycles. The summed E-state index contributed by atoms with van der Waals surface area (Å²) >= 11 is 0. The standard InChI is InChI=1S/C7H14O3P/c1-3-6-7(4-5-9-6)10-11(2)8/h6-7H,3-5H2,1-2H3/q+1/t6-,7?/m1/s1/i5T/t5-,6+,7?/m0. The van der Waals surface area contributed by atoms with Gasteiger partial charge in [-0.1, -0.05) is 6.92 Å². The Hall–Kier alpha value is 0.0200. The minimum atomic E-state index is -1.58. The zero-order chi connectivity index (χ0) is 9.14. The fourth-order valence-corrected chi connectivity index (χ4v) is 1.78. The van der Waals surface area contributed by atoms with Gasteiger partial charge in [-0.2, -0.15) is 0 Å². The van der Waals surface area contributed by atoms with E-state index < -0.39 is 14.6 Å². The molecule has 1 heterocycles. The Morgan fingerprint density at radius 3 is 3.18 bits per heavy atom. The molecule has 0 aliphatic carbocycles. The molecule has 4 heteroatoms. The normalized spacial score (nSPS) is 40.4. The van der Waals surface area contributed by atoms with Gasteiger partial charge in [0.15, 0.2) is 6.66 Å². The first-order valence-corrected chi connectivity index (χ1v) is 5.41. The van der Waals surface area contributed by atoms with Gasteiger partial charge >= 0.3 is 8.03 Å². The molecule has 0 aromatic rings. The van der Waals surface area contributed by atoms with Crippen LogP contribution in [0.2, 0.25) is 0 Å². The summed E-state index contributed by atoms with van der Waals surface area (Å²) in [5, 5.41) is 0. The lowest BCUT2D eigenvalue weighted by atomic mass is 10.1. The predicted molar refractivity (Wildman–Crippen MR) is 43.1 cm³/mol.